The average molecular weight is 560 g/mol. The van der Waals surface area contributed by atoms with Crippen molar-refractivity contribution in [1.29, 1.82) is 0 Å². The van der Waals surface area contributed by atoms with Crippen molar-refractivity contribution in [3.8, 4) is 11.1 Å². The zero-order valence-electron chi connectivity index (χ0n) is 21.1. The summed E-state index contributed by atoms with van der Waals surface area (Å²) in [7, 11) is 0. The third-order valence-electron chi connectivity index (χ3n) is 7.51. The lowest BCUT2D eigenvalue weighted by Crippen LogP contribution is -2.38. The van der Waals surface area contributed by atoms with Gasteiger partial charge in [0.05, 0.1) is 9.92 Å². The van der Waals surface area contributed by atoms with Crippen LogP contribution in [0.3, 0.4) is 0 Å². The van der Waals surface area contributed by atoms with E-state index in [1.807, 2.05) is 13.0 Å². The van der Waals surface area contributed by atoms with E-state index in [4.69, 9.17) is 28.9 Å². The molecule has 1 aromatic heterocycles. The number of halogens is 3. The van der Waals surface area contributed by atoms with Gasteiger partial charge in [-0.2, -0.15) is 0 Å². The van der Waals surface area contributed by atoms with E-state index in [2.05, 4.69) is 39.0 Å². The van der Waals surface area contributed by atoms with E-state index < -0.39 is 5.82 Å². The molecule has 0 spiro atoms. The summed E-state index contributed by atoms with van der Waals surface area (Å²) < 4.78 is 14.1. The van der Waals surface area contributed by atoms with Crippen molar-refractivity contribution in [2.45, 2.75) is 55.3 Å². The van der Waals surface area contributed by atoms with Crippen molar-refractivity contribution in [2.75, 3.05) is 31.9 Å². The van der Waals surface area contributed by atoms with Crippen LogP contribution in [0.2, 0.25) is 10.0 Å². The molecule has 4 nitrogen and oxygen atoms in total. The molecule has 196 valence electrons. The van der Waals surface area contributed by atoms with Gasteiger partial charge < -0.3 is 10.6 Å². The van der Waals surface area contributed by atoms with Crippen LogP contribution in [0.5, 0.6) is 0 Å². The molecule has 8 heteroatoms. The monoisotopic (exact) mass is 558 g/mol. The topological polar surface area (TPSA) is 45.4 Å². The van der Waals surface area contributed by atoms with Crippen molar-refractivity contribution in [3.63, 3.8) is 0 Å². The highest BCUT2D eigenvalue weighted by molar-refractivity contribution is 7.99. The van der Waals surface area contributed by atoms with Gasteiger partial charge in [0.1, 0.15) is 11.6 Å². The first-order chi connectivity index (χ1) is 17.9. The Morgan fingerprint density at radius 1 is 1.05 bits per heavy atom. The summed E-state index contributed by atoms with van der Waals surface area (Å²) >= 11 is 14.0. The Bertz CT molecular complexity index is 1230. The molecule has 2 unspecified atom stereocenters. The van der Waals surface area contributed by atoms with E-state index in [1.165, 1.54) is 81.3 Å². The Hall–Kier alpha value is -1.83. The summed E-state index contributed by atoms with van der Waals surface area (Å²) in [6, 6.07) is 14.3. The molecule has 37 heavy (non-hydrogen) atoms. The molecular weight excluding hydrogens is 526 g/mol. The number of likely N-dealkylation sites (tertiary alicyclic amines) is 2. The van der Waals surface area contributed by atoms with Crippen LogP contribution in [0.4, 0.5) is 10.2 Å². The number of nitrogens with two attached hydrogens (primary N) is 1. The fourth-order valence-electron chi connectivity index (χ4n) is 5.48. The zero-order valence-corrected chi connectivity index (χ0v) is 23.4. The Labute approximate surface area is 233 Å². The van der Waals surface area contributed by atoms with Crippen molar-refractivity contribution < 1.29 is 4.39 Å². The third kappa shape index (κ3) is 6.26. The van der Waals surface area contributed by atoms with Crippen molar-refractivity contribution in [2.24, 2.45) is 0 Å². The van der Waals surface area contributed by atoms with E-state index in [1.54, 1.807) is 6.20 Å². The van der Waals surface area contributed by atoms with E-state index in [-0.39, 0.29) is 10.3 Å². The van der Waals surface area contributed by atoms with E-state index >= 15 is 0 Å². The fraction of sp³-hybridized carbons (Fsp3) is 0.414. The van der Waals surface area contributed by atoms with Crippen LogP contribution < -0.4 is 5.73 Å². The molecule has 5 rings (SSSR count). The van der Waals surface area contributed by atoms with Gasteiger partial charge in [-0.3, -0.25) is 4.90 Å². The molecule has 0 bridgehead atoms. The molecule has 2 atom stereocenters. The van der Waals surface area contributed by atoms with Gasteiger partial charge in [-0.25, -0.2) is 9.37 Å². The quantitative estimate of drug-likeness (QED) is 0.227. The third-order valence-corrected chi connectivity index (χ3v) is 9.40. The molecule has 0 aliphatic carbocycles. The second-order valence-electron chi connectivity index (χ2n) is 10.1. The number of rotatable bonds is 8. The minimum atomic E-state index is -0.482. The summed E-state index contributed by atoms with van der Waals surface area (Å²) in [4.78, 5) is 10.5. The molecule has 0 amide bonds. The summed E-state index contributed by atoms with van der Waals surface area (Å²) in [6.07, 6.45) is 7.09. The summed E-state index contributed by atoms with van der Waals surface area (Å²) in [5.74, 6) is -0.0521. The molecule has 2 N–H and O–H groups in total. The van der Waals surface area contributed by atoms with Crippen LogP contribution in [0.1, 0.15) is 49.0 Å². The number of anilines is 1. The maximum atomic E-state index is 14.1. The zero-order chi connectivity index (χ0) is 25.9. The van der Waals surface area contributed by atoms with Gasteiger partial charge in [-0.15, -0.1) is 11.8 Å². The summed E-state index contributed by atoms with van der Waals surface area (Å²) in [5.41, 5.74) is 10.2. The standard InChI is InChI=1S/C29H33Cl2FN4S/c1-19(27-24(30)10-11-25(32)28(27)31)37-26-15-22(16-34-29(26)33)21-8-6-20(7-9-21)17-36-14-4-5-23(36)18-35-12-2-3-13-35/h6-11,15-16,19,23H,2-5,12-14,17-18H2,1H3,(H2,33,34). The SMILES string of the molecule is CC(Sc1cc(-c2ccc(CN3CCCC3CN3CCCC3)cc2)cnc1N)c1c(Cl)ccc(F)c1Cl. The number of nitrogen functional groups attached to an aromatic ring is 1. The van der Waals surface area contributed by atoms with Crippen molar-refractivity contribution in [1.82, 2.24) is 14.8 Å². The predicted octanol–water partition coefficient (Wildman–Crippen LogP) is 7.69. The predicted molar refractivity (Wildman–Crippen MR) is 154 cm³/mol. The van der Waals surface area contributed by atoms with E-state index in [0.29, 0.717) is 22.4 Å². The van der Waals surface area contributed by atoms with Crippen LogP contribution in [0, 0.1) is 5.82 Å². The van der Waals surface area contributed by atoms with Gasteiger partial charge in [-0.1, -0.05) is 47.5 Å². The second kappa shape index (κ2) is 11.9. The Morgan fingerprint density at radius 3 is 2.57 bits per heavy atom. The fourth-order valence-corrected chi connectivity index (χ4v) is 7.42. The first-order valence-electron chi connectivity index (χ1n) is 13.0. The highest BCUT2D eigenvalue weighted by Gasteiger charge is 2.27. The Balaban J connectivity index is 1.27. The van der Waals surface area contributed by atoms with Crippen LogP contribution in [0.15, 0.2) is 53.6 Å². The summed E-state index contributed by atoms with van der Waals surface area (Å²) in [5, 5.41) is 0.281. The van der Waals surface area contributed by atoms with Crippen LogP contribution in [0.25, 0.3) is 11.1 Å². The van der Waals surface area contributed by atoms with Gasteiger partial charge >= 0.3 is 0 Å². The minimum Gasteiger partial charge on any atom is -0.383 e. The first-order valence-corrected chi connectivity index (χ1v) is 14.6. The van der Waals surface area contributed by atoms with Gasteiger partial charge in [0.15, 0.2) is 0 Å². The molecule has 2 saturated heterocycles. The number of hydrogen-bond acceptors (Lipinski definition) is 5. The lowest BCUT2D eigenvalue weighted by atomic mass is 10.1. The highest BCUT2D eigenvalue weighted by atomic mass is 35.5. The second-order valence-corrected chi connectivity index (χ2v) is 12.3. The average Bonchev–Trinajstić information content (AvgIpc) is 3.56. The molecule has 0 saturated carbocycles. The number of thioether (sulfide) groups is 1. The lowest BCUT2D eigenvalue weighted by molar-refractivity contribution is 0.185. The van der Waals surface area contributed by atoms with Crippen LogP contribution in [-0.4, -0.2) is 47.0 Å². The highest BCUT2D eigenvalue weighted by Crippen LogP contribution is 2.44. The molecule has 2 aliphatic heterocycles. The number of hydrogen-bond donors (Lipinski definition) is 1. The maximum Gasteiger partial charge on any atom is 0.142 e. The molecule has 3 aromatic rings. The smallest absolute Gasteiger partial charge is 0.142 e. The largest absolute Gasteiger partial charge is 0.383 e. The molecule has 2 fully saturated rings. The van der Waals surface area contributed by atoms with Gasteiger partial charge in [0, 0.05) is 46.7 Å². The number of aromatic nitrogens is 1. The van der Waals surface area contributed by atoms with Gasteiger partial charge in [-0.05, 0) is 81.6 Å². The van der Waals surface area contributed by atoms with Crippen LogP contribution in [-0.2, 0) is 6.54 Å². The van der Waals surface area contributed by atoms with Gasteiger partial charge in [0.25, 0.3) is 0 Å². The number of nitrogens with zero attached hydrogens (tertiary/aromatic N) is 3. The Kier molecular flexibility index (Phi) is 8.62. The molecular formula is C29H33Cl2FN4S. The van der Waals surface area contributed by atoms with Crippen molar-refractivity contribution >= 4 is 40.8 Å². The minimum absolute atomic E-state index is 0.0476. The van der Waals surface area contributed by atoms with E-state index in [0.717, 1.165) is 22.6 Å². The maximum absolute atomic E-state index is 14.1. The molecule has 2 aliphatic rings. The van der Waals surface area contributed by atoms with Crippen molar-refractivity contribution in [3.05, 3.63) is 75.7 Å². The molecule has 3 heterocycles. The summed E-state index contributed by atoms with van der Waals surface area (Å²) in [6.45, 7) is 7.84. The molecule has 0 radical (unpaired) electrons. The molecule has 2 aromatic carbocycles. The number of pyridine rings is 1. The van der Waals surface area contributed by atoms with Crippen LogP contribution >= 0.6 is 35.0 Å². The van der Waals surface area contributed by atoms with E-state index in [9.17, 15) is 4.39 Å². The van der Waals surface area contributed by atoms with Gasteiger partial charge in [0.2, 0.25) is 0 Å². The lowest BCUT2D eigenvalue weighted by Gasteiger charge is -2.28. The number of benzene rings is 2. The first kappa shape index (κ1) is 26.8. The Morgan fingerprint density at radius 2 is 1.81 bits per heavy atom. The normalized spacial score (nSPS) is 19.5.